The number of benzene rings is 1. The Morgan fingerprint density at radius 2 is 1.81 bits per heavy atom. The molecule has 1 aliphatic rings. The van der Waals surface area contributed by atoms with E-state index in [0.29, 0.717) is 13.1 Å². The summed E-state index contributed by atoms with van der Waals surface area (Å²) in [4.78, 5) is 14.5. The summed E-state index contributed by atoms with van der Waals surface area (Å²) in [5, 5.41) is 11.5. The van der Waals surface area contributed by atoms with Crippen molar-refractivity contribution in [3.63, 3.8) is 0 Å². The van der Waals surface area contributed by atoms with Gasteiger partial charge in [-0.3, -0.25) is 10.1 Å². The minimum atomic E-state index is -3.80. The van der Waals surface area contributed by atoms with E-state index in [1.54, 1.807) is 6.07 Å². The number of pyridine rings is 1. The molecule has 1 aliphatic heterocycles. The Morgan fingerprint density at radius 3 is 2.44 bits per heavy atom. The van der Waals surface area contributed by atoms with Crippen molar-refractivity contribution < 1.29 is 18.1 Å². The normalized spacial score (nSPS) is 15.9. The first-order valence-electron chi connectivity index (χ1n) is 8.46. The Morgan fingerprint density at radius 1 is 1.11 bits per heavy atom. The quantitative estimate of drug-likeness (QED) is 0.418. The van der Waals surface area contributed by atoms with Gasteiger partial charge in [0, 0.05) is 25.4 Å². The van der Waals surface area contributed by atoms with Crippen molar-refractivity contribution in [2.45, 2.75) is 30.6 Å². The summed E-state index contributed by atoms with van der Waals surface area (Å²) < 4.78 is 32.6. The molecule has 1 aromatic carbocycles. The fourth-order valence-corrected chi connectivity index (χ4v) is 4.58. The second-order valence-corrected chi connectivity index (χ2v) is 8.40. The summed E-state index contributed by atoms with van der Waals surface area (Å²) in [5.74, 6) is 0.0371. The molecule has 8 nitrogen and oxygen atoms in total. The van der Waals surface area contributed by atoms with Crippen LogP contribution in [0.25, 0.3) is 0 Å². The molecule has 0 N–H and O–H groups in total. The van der Waals surface area contributed by atoms with Crippen molar-refractivity contribution in [1.29, 1.82) is 0 Å². The van der Waals surface area contributed by atoms with Gasteiger partial charge in [-0.1, -0.05) is 24.4 Å². The Hall–Kier alpha value is -2.23. The zero-order valence-electron chi connectivity index (χ0n) is 14.4. The molecule has 0 unspecified atom stereocenters. The van der Waals surface area contributed by atoms with Crippen LogP contribution in [0, 0.1) is 10.1 Å². The molecule has 0 radical (unpaired) electrons. The topological polar surface area (TPSA) is 103 Å². The molecule has 1 aromatic heterocycles. The second kappa shape index (κ2) is 8.20. The SMILES string of the molecule is O=[N+]([O-])c1cc(S(=O)(=O)N2CCCCCC2)ccc1Oc1cccnc1Cl. The maximum absolute atomic E-state index is 12.9. The van der Waals surface area contributed by atoms with Crippen LogP contribution in [0.15, 0.2) is 41.4 Å². The highest BCUT2D eigenvalue weighted by Crippen LogP contribution is 2.36. The van der Waals surface area contributed by atoms with Gasteiger partial charge in [0.05, 0.1) is 9.82 Å². The van der Waals surface area contributed by atoms with Crippen LogP contribution >= 0.6 is 11.6 Å². The molecule has 27 heavy (non-hydrogen) atoms. The van der Waals surface area contributed by atoms with E-state index in [2.05, 4.69) is 4.98 Å². The van der Waals surface area contributed by atoms with Gasteiger partial charge in [0.25, 0.3) is 0 Å². The van der Waals surface area contributed by atoms with Gasteiger partial charge in [0.2, 0.25) is 15.8 Å². The predicted molar refractivity (Wildman–Crippen MR) is 99.6 cm³/mol. The van der Waals surface area contributed by atoms with Crippen molar-refractivity contribution in [2.75, 3.05) is 13.1 Å². The number of hydrogen-bond acceptors (Lipinski definition) is 6. The number of nitro benzene ring substituents is 1. The zero-order chi connectivity index (χ0) is 19.4. The molecule has 2 aromatic rings. The minimum Gasteiger partial charge on any atom is -0.447 e. The fraction of sp³-hybridized carbons (Fsp3) is 0.353. The van der Waals surface area contributed by atoms with Crippen molar-refractivity contribution >= 4 is 27.3 Å². The Labute approximate surface area is 161 Å². The molecule has 10 heteroatoms. The van der Waals surface area contributed by atoms with Gasteiger partial charge in [0.1, 0.15) is 0 Å². The lowest BCUT2D eigenvalue weighted by molar-refractivity contribution is -0.385. The molecule has 0 saturated carbocycles. The third-order valence-electron chi connectivity index (χ3n) is 4.27. The van der Waals surface area contributed by atoms with Crippen LogP contribution in [0.3, 0.4) is 0 Å². The molecular formula is C17H18ClN3O5S. The second-order valence-electron chi connectivity index (χ2n) is 6.10. The Kier molecular flexibility index (Phi) is 5.93. The van der Waals surface area contributed by atoms with Gasteiger partial charge >= 0.3 is 5.69 Å². The summed E-state index contributed by atoms with van der Waals surface area (Å²) in [7, 11) is -3.80. The summed E-state index contributed by atoms with van der Waals surface area (Å²) >= 11 is 5.92. The van der Waals surface area contributed by atoms with E-state index >= 15 is 0 Å². The molecule has 0 bridgehead atoms. The first-order valence-corrected chi connectivity index (χ1v) is 10.3. The van der Waals surface area contributed by atoms with Crippen LogP contribution in [-0.4, -0.2) is 35.7 Å². The average molecular weight is 412 g/mol. The molecule has 0 atom stereocenters. The van der Waals surface area contributed by atoms with Gasteiger partial charge in [-0.05, 0) is 37.1 Å². The van der Waals surface area contributed by atoms with Gasteiger partial charge < -0.3 is 4.74 Å². The Bertz CT molecular complexity index is 943. The molecule has 3 rings (SSSR count). The van der Waals surface area contributed by atoms with E-state index in [4.69, 9.17) is 16.3 Å². The van der Waals surface area contributed by atoms with Gasteiger partial charge in [-0.2, -0.15) is 4.31 Å². The van der Waals surface area contributed by atoms with Crippen LogP contribution in [0.5, 0.6) is 11.5 Å². The molecule has 2 heterocycles. The highest BCUT2D eigenvalue weighted by Gasteiger charge is 2.28. The number of hydrogen-bond donors (Lipinski definition) is 0. The van der Waals surface area contributed by atoms with E-state index in [0.717, 1.165) is 31.7 Å². The Balaban J connectivity index is 1.96. The van der Waals surface area contributed by atoms with E-state index in [-0.39, 0.29) is 21.5 Å². The molecular weight excluding hydrogens is 394 g/mol. The maximum Gasteiger partial charge on any atom is 0.312 e. The highest BCUT2D eigenvalue weighted by atomic mass is 35.5. The highest BCUT2D eigenvalue weighted by molar-refractivity contribution is 7.89. The van der Waals surface area contributed by atoms with Crippen LogP contribution in [0.1, 0.15) is 25.7 Å². The predicted octanol–water partition coefficient (Wildman–Crippen LogP) is 4.00. The number of aromatic nitrogens is 1. The smallest absolute Gasteiger partial charge is 0.312 e. The van der Waals surface area contributed by atoms with Gasteiger partial charge in [0.15, 0.2) is 10.9 Å². The number of nitro groups is 1. The molecule has 0 amide bonds. The number of ether oxygens (including phenoxy) is 1. The van der Waals surface area contributed by atoms with Gasteiger partial charge in [-0.25, -0.2) is 13.4 Å². The third-order valence-corrected chi connectivity index (χ3v) is 6.45. The zero-order valence-corrected chi connectivity index (χ0v) is 15.9. The first-order chi connectivity index (χ1) is 12.9. The molecule has 1 saturated heterocycles. The standard InChI is InChI=1S/C17H18ClN3O5S/c18-17-16(6-5-9-19-17)26-15-8-7-13(12-14(15)21(22)23)27(24,25)20-10-3-1-2-4-11-20/h5-9,12H,1-4,10-11H2. The minimum absolute atomic E-state index is 0.0491. The largest absolute Gasteiger partial charge is 0.447 e. The summed E-state index contributed by atoms with van der Waals surface area (Å²) in [6.07, 6.45) is 4.97. The lowest BCUT2D eigenvalue weighted by atomic mass is 10.2. The van der Waals surface area contributed by atoms with Crippen LogP contribution in [-0.2, 0) is 10.0 Å². The van der Waals surface area contributed by atoms with Gasteiger partial charge in [-0.15, -0.1) is 0 Å². The number of halogens is 1. The lowest BCUT2D eigenvalue weighted by Crippen LogP contribution is -2.31. The van der Waals surface area contributed by atoms with E-state index in [1.807, 2.05) is 0 Å². The monoisotopic (exact) mass is 411 g/mol. The van der Waals surface area contributed by atoms with Crippen LogP contribution < -0.4 is 4.74 Å². The lowest BCUT2D eigenvalue weighted by Gasteiger charge is -2.20. The maximum atomic E-state index is 12.9. The molecule has 144 valence electrons. The average Bonchev–Trinajstić information content (AvgIpc) is 2.93. The van der Waals surface area contributed by atoms with Crippen LogP contribution in [0.2, 0.25) is 5.15 Å². The van der Waals surface area contributed by atoms with Crippen molar-refractivity contribution in [2.24, 2.45) is 0 Å². The van der Waals surface area contributed by atoms with E-state index < -0.39 is 20.6 Å². The fourth-order valence-electron chi connectivity index (χ4n) is 2.88. The molecule has 0 spiro atoms. The van der Waals surface area contributed by atoms with E-state index in [9.17, 15) is 18.5 Å². The van der Waals surface area contributed by atoms with Crippen molar-refractivity contribution in [1.82, 2.24) is 9.29 Å². The van der Waals surface area contributed by atoms with Crippen molar-refractivity contribution in [3.8, 4) is 11.5 Å². The van der Waals surface area contributed by atoms with Crippen molar-refractivity contribution in [3.05, 3.63) is 51.8 Å². The number of nitrogens with zero attached hydrogens (tertiary/aromatic N) is 3. The third kappa shape index (κ3) is 4.37. The summed E-state index contributed by atoms with van der Waals surface area (Å²) in [6.45, 7) is 0.833. The number of sulfonamides is 1. The van der Waals surface area contributed by atoms with Crippen LogP contribution in [0.4, 0.5) is 5.69 Å². The molecule has 1 fully saturated rings. The first kappa shape index (κ1) is 19.5. The van der Waals surface area contributed by atoms with E-state index in [1.165, 1.54) is 28.7 Å². The summed E-state index contributed by atoms with van der Waals surface area (Å²) in [6, 6.07) is 6.70. The number of rotatable bonds is 5. The molecule has 0 aliphatic carbocycles. The summed E-state index contributed by atoms with van der Waals surface area (Å²) in [5.41, 5.74) is -0.453.